The summed E-state index contributed by atoms with van der Waals surface area (Å²) in [4.78, 5) is 12.1. The van der Waals surface area contributed by atoms with E-state index in [2.05, 4.69) is 5.32 Å². The quantitative estimate of drug-likeness (QED) is 0.927. The number of anilines is 1. The second-order valence-corrected chi connectivity index (χ2v) is 4.67. The Kier molecular flexibility index (Phi) is 4.25. The molecule has 0 saturated heterocycles. The Bertz CT molecular complexity index is 658. The van der Waals surface area contributed by atoms with E-state index in [9.17, 15) is 9.18 Å². The fraction of sp³-hybridized carbons (Fsp3) is 0.133. The average Bonchev–Trinajstić information content (AvgIpc) is 2.41. The molecule has 0 aliphatic carbocycles. The van der Waals surface area contributed by atoms with Crippen molar-refractivity contribution in [1.29, 1.82) is 0 Å². The van der Waals surface area contributed by atoms with Gasteiger partial charge >= 0.3 is 0 Å². The molecule has 0 atom stereocenters. The highest BCUT2D eigenvalue weighted by atomic mass is 35.5. The van der Waals surface area contributed by atoms with Crippen molar-refractivity contribution in [1.82, 2.24) is 0 Å². The van der Waals surface area contributed by atoms with E-state index in [0.29, 0.717) is 22.0 Å². The summed E-state index contributed by atoms with van der Waals surface area (Å²) in [6, 6.07) is 8.97. The molecule has 0 radical (unpaired) electrons. The third-order valence-electron chi connectivity index (χ3n) is 2.85. The zero-order valence-electron chi connectivity index (χ0n) is 11.0. The van der Waals surface area contributed by atoms with Gasteiger partial charge in [0.25, 0.3) is 5.91 Å². The van der Waals surface area contributed by atoms with Crippen LogP contribution in [0.5, 0.6) is 5.75 Å². The average molecular weight is 294 g/mol. The minimum Gasteiger partial charge on any atom is -0.495 e. The van der Waals surface area contributed by atoms with Gasteiger partial charge in [-0.1, -0.05) is 17.7 Å². The van der Waals surface area contributed by atoms with E-state index in [4.69, 9.17) is 16.3 Å². The minimum atomic E-state index is -0.450. The number of nitrogens with one attached hydrogen (secondary N) is 1. The van der Waals surface area contributed by atoms with Crippen LogP contribution in [0.2, 0.25) is 5.02 Å². The lowest BCUT2D eigenvalue weighted by molar-refractivity contribution is 0.102. The molecule has 104 valence electrons. The van der Waals surface area contributed by atoms with Crippen LogP contribution < -0.4 is 10.1 Å². The van der Waals surface area contributed by atoms with Gasteiger partial charge in [0.1, 0.15) is 11.6 Å². The standard InChI is InChI=1S/C15H13ClFNO2/c1-9-3-4-10(17)7-12(9)15(19)18-11-5-6-14(20-2)13(16)8-11/h3-8H,1-2H3,(H,18,19). The van der Waals surface area contributed by atoms with Crippen molar-refractivity contribution in [2.75, 3.05) is 12.4 Å². The maximum atomic E-state index is 13.2. The first kappa shape index (κ1) is 14.3. The summed E-state index contributed by atoms with van der Waals surface area (Å²) in [5.74, 6) is -0.316. The van der Waals surface area contributed by atoms with Crippen LogP contribution in [0, 0.1) is 12.7 Å². The molecule has 0 heterocycles. The molecule has 0 aliphatic heterocycles. The number of methoxy groups -OCH3 is 1. The largest absolute Gasteiger partial charge is 0.495 e. The zero-order chi connectivity index (χ0) is 14.7. The second-order valence-electron chi connectivity index (χ2n) is 4.26. The number of benzene rings is 2. The van der Waals surface area contributed by atoms with Crippen molar-refractivity contribution in [3.63, 3.8) is 0 Å². The molecule has 3 nitrogen and oxygen atoms in total. The number of hydrogen-bond acceptors (Lipinski definition) is 2. The third-order valence-corrected chi connectivity index (χ3v) is 3.15. The van der Waals surface area contributed by atoms with Gasteiger partial charge in [0, 0.05) is 11.3 Å². The Morgan fingerprint density at radius 2 is 2.00 bits per heavy atom. The van der Waals surface area contributed by atoms with E-state index in [-0.39, 0.29) is 11.5 Å². The molecule has 1 N–H and O–H groups in total. The Morgan fingerprint density at radius 1 is 1.25 bits per heavy atom. The van der Waals surface area contributed by atoms with Crippen molar-refractivity contribution >= 4 is 23.2 Å². The lowest BCUT2D eigenvalue weighted by Gasteiger charge is -2.09. The van der Waals surface area contributed by atoms with Crippen LogP contribution in [-0.2, 0) is 0 Å². The fourth-order valence-electron chi connectivity index (χ4n) is 1.78. The van der Waals surface area contributed by atoms with Crippen molar-refractivity contribution in [2.45, 2.75) is 6.92 Å². The monoisotopic (exact) mass is 293 g/mol. The maximum absolute atomic E-state index is 13.2. The summed E-state index contributed by atoms with van der Waals surface area (Å²) in [6.45, 7) is 1.75. The lowest BCUT2D eigenvalue weighted by Crippen LogP contribution is -2.13. The first-order chi connectivity index (χ1) is 9.51. The second kappa shape index (κ2) is 5.92. The smallest absolute Gasteiger partial charge is 0.256 e. The Labute approximate surface area is 121 Å². The number of carbonyl (C=O) groups is 1. The number of ether oxygens (including phenoxy) is 1. The van der Waals surface area contributed by atoms with Crippen LogP contribution in [0.25, 0.3) is 0 Å². The minimum absolute atomic E-state index is 0.289. The molecule has 20 heavy (non-hydrogen) atoms. The summed E-state index contributed by atoms with van der Waals surface area (Å²) in [6.07, 6.45) is 0. The van der Waals surface area contributed by atoms with E-state index in [1.165, 1.54) is 19.2 Å². The zero-order valence-corrected chi connectivity index (χ0v) is 11.8. The maximum Gasteiger partial charge on any atom is 0.256 e. The molecular weight excluding hydrogens is 281 g/mol. The lowest BCUT2D eigenvalue weighted by atomic mass is 10.1. The summed E-state index contributed by atoms with van der Waals surface area (Å²) < 4.78 is 18.2. The summed E-state index contributed by atoms with van der Waals surface area (Å²) in [5, 5.41) is 3.06. The molecular formula is C15H13ClFNO2. The first-order valence-electron chi connectivity index (χ1n) is 5.92. The normalized spacial score (nSPS) is 10.2. The summed E-state index contributed by atoms with van der Waals surface area (Å²) in [5.41, 5.74) is 1.50. The van der Waals surface area contributed by atoms with E-state index >= 15 is 0 Å². The topological polar surface area (TPSA) is 38.3 Å². The van der Waals surface area contributed by atoms with Crippen molar-refractivity contribution in [3.8, 4) is 5.75 Å². The van der Waals surface area contributed by atoms with Crippen LogP contribution in [0.3, 0.4) is 0 Å². The van der Waals surface area contributed by atoms with Crippen LogP contribution in [0.1, 0.15) is 15.9 Å². The predicted octanol–water partition coefficient (Wildman–Crippen LogP) is 4.05. The van der Waals surface area contributed by atoms with Gasteiger partial charge in [0.15, 0.2) is 0 Å². The number of amides is 1. The van der Waals surface area contributed by atoms with Gasteiger partial charge in [-0.05, 0) is 42.8 Å². The number of aryl methyl sites for hydroxylation is 1. The molecule has 0 unspecified atom stereocenters. The van der Waals surface area contributed by atoms with Gasteiger partial charge in [-0.3, -0.25) is 4.79 Å². The van der Waals surface area contributed by atoms with Crippen LogP contribution >= 0.6 is 11.6 Å². The molecule has 2 aromatic rings. The van der Waals surface area contributed by atoms with Crippen molar-refractivity contribution in [3.05, 3.63) is 58.4 Å². The van der Waals surface area contributed by atoms with Gasteiger partial charge in [0.05, 0.1) is 12.1 Å². The van der Waals surface area contributed by atoms with Crippen LogP contribution in [0.4, 0.5) is 10.1 Å². The van der Waals surface area contributed by atoms with Gasteiger partial charge in [-0.15, -0.1) is 0 Å². The Balaban J connectivity index is 2.23. The fourth-order valence-corrected chi connectivity index (χ4v) is 2.04. The number of rotatable bonds is 3. The van der Waals surface area contributed by atoms with Crippen LogP contribution in [0.15, 0.2) is 36.4 Å². The predicted molar refractivity (Wildman–Crippen MR) is 77.1 cm³/mol. The van der Waals surface area contributed by atoms with Crippen LogP contribution in [-0.4, -0.2) is 13.0 Å². The van der Waals surface area contributed by atoms with Gasteiger partial charge in [0.2, 0.25) is 0 Å². The molecule has 0 spiro atoms. The number of hydrogen-bond donors (Lipinski definition) is 1. The molecule has 0 fully saturated rings. The van der Waals surface area contributed by atoms with Gasteiger partial charge in [-0.25, -0.2) is 4.39 Å². The third kappa shape index (κ3) is 3.08. The first-order valence-corrected chi connectivity index (χ1v) is 6.30. The van der Waals surface area contributed by atoms with Gasteiger partial charge in [-0.2, -0.15) is 0 Å². The van der Waals surface area contributed by atoms with E-state index in [1.54, 1.807) is 31.2 Å². The van der Waals surface area contributed by atoms with E-state index < -0.39 is 5.82 Å². The van der Waals surface area contributed by atoms with E-state index in [1.807, 2.05) is 0 Å². The number of carbonyl (C=O) groups excluding carboxylic acids is 1. The molecule has 1 amide bonds. The summed E-state index contributed by atoms with van der Waals surface area (Å²) >= 11 is 5.98. The molecule has 0 aromatic heterocycles. The van der Waals surface area contributed by atoms with Gasteiger partial charge < -0.3 is 10.1 Å². The molecule has 5 heteroatoms. The molecule has 0 saturated carbocycles. The molecule has 0 aliphatic rings. The Hall–Kier alpha value is -2.07. The van der Waals surface area contributed by atoms with Crippen molar-refractivity contribution in [2.24, 2.45) is 0 Å². The Morgan fingerprint density at radius 3 is 2.65 bits per heavy atom. The molecule has 2 rings (SSSR count). The van der Waals surface area contributed by atoms with Crippen molar-refractivity contribution < 1.29 is 13.9 Å². The summed E-state index contributed by atoms with van der Waals surface area (Å²) in [7, 11) is 1.51. The van der Waals surface area contributed by atoms with E-state index in [0.717, 1.165) is 0 Å². The molecule has 2 aromatic carbocycles. The highest BCUT2D eigenvalue weighted by Crippen LogP contribution is 2.27. The highest BCUT2D eigenvalue weighted by Gasteiger charge is 2.11. The SMILES string of the molecule is COc1ccc(NC(=O)c2cc(F)ccc2C)cc1Cl. The molecule has 0 bridgehead atoms. The highest BCUT2D eigenvalue weighted by molar-refractivity contribution is 6.32. The number of halogens is 2.